The number of aromatic nitrogens is 3. The van der Waals surface area contributed by atoms with E-state index in [-0.39, 0.29) is 6.10 Å². The molecule has 4 rings (SSSR count). The topological polar surface area (TPSA) is 78.4 Å². The number of fused-ring (bicyclic) bond motifs is 1. The van der Waals surface area contributed by atoms with Gasteiger partial charge in [-0.15, -0.1) is 0 Å². The Morgan fingerprint density at radius 3 is 2.93 bits per heavy atom. The summed E-state index contributed by atoms with van der Waals surface area (Å²) in [5, 5.41) is 10.5. The summed E-state index contributed by atoms with van der Waals surface area (Å²) in [7, 11) is 1.86. The molecule has 2 N–H and O–H groups in total. The molecule has 1 atom stereocenters. The van der Waals surface area contributed by atoms with Crippen molar-refractivity contribution in [2.45, 2.75) is 50.5 Å². The summed E-state index contributed by atoms with van der Waals surface area (Å²) in [6.45, 7) is 3.63. The number of rotatable bonds is 6. The maximum Gasteiger partial charge on any atom is 0.193 e. The van der Waals surface area contributed by atoms with Gasteiger partial charge in [0.2, 0.25) is 0 Å². The largest absolute Gasteiger partial charge is 0.373 e. The Bertz CT molecular complexity index is 782. The maximum absolute atomic E-state index is 6.22. The molecule has 2 heterocycles. The molecular weight excluding hydrogens is 364 g/mol. The monoisotopic (exact) mass is 396 g/mol. The molecule has 1 saturated heterocycles. The smallest absolute Gasteiger partial charge is 0.193 e. The van der Waals surface area contributed by atoms with E-state index in [1.165, 1.54) is 24.0 Å². The van der Waals surface area contributed by atoms with Gasteiger partial charge in [0, 0.05) is 39.2 Å². The second-order valence-corrected chi connectivity index (χ2v) is 7.91. The van der Waals surface area contributed by atoms with Gasteiger partial charge in [-0.1, -0.05) is 24.3 Å². The molecule has 1 aliphatic heterocycles. The molecule has 156 valence electrons. The summed E-state index contributed by atoms with van der Waals surface area (Å²) in [6, 6.07) is 8.71. The Balaban J connectivity index is 1.17. The quantitative estimate of drug-likeness (QED) is 0.446. The molecule has 0 bridgehead atoms. The van der Waals surface area contributed by atoms with E-state index in [2.05, 4.69) is 54.7 Å². The first-order chi connectivity index (χ1) is 14.3. The van der Waals surface area contributed by atoms with Crippen molar-refractivity contribution in [3.8, 4) is 0 Å². The van der Waals surface area contributed by atoms with Crippen molar-refractivity contribution < 1.29 is 4.74 Å². The van der Waals surface area contributed by atoms with E-state index in [1.807, 2.05) is 7.05 Å². The van der Waals surface area contributed by atoms with Crippen LogP contribution >= 0.6 is 0 Å². The van der Waals surface area contributed by atoms with E-state index < -0.39 is 0 Å². The predicted octanol–water partition coefficient (Wildman–Crippen LogP) is 3.04. The third-order valence-electron chi connectivity index (χ3n) is 6.06. The molecule has 0 saturated carbocycles. The number of nitrogens with one attached hydrogen (secondary N) is 2. The standard InChI is InChI=1S/C22H32N6O/c1-23-22(28-13-10-18(11-14-28)21-25-16-26-27-21)24-12-5-15-29-20-9-4-7-17-6-2-3-8-19(17)20/h2-3,6,8,16,18,20H,4-5,7,9-15H2,1H3,(H,23,24)(H,25,26,27). The van der Waals surface area contributed by atoms with Crippen LogP contribution in [-0.4, -0.2) is 59.3 Å². The second kappa shape index (κ2) is 9.87. The van der Waals surface area contributed by atoms with Gasteiger partial charge in [0.1, 0.15) is 12.2 Å². The van der Waals surface area contributed by atoms with Crippen LogP contribution in [0.2, 0.25) is 0 Å². The summed E-state index contributed by atoms with van der Waals surface area (Å²) in [5.74, 6) is 2.47. The van der Waals surface area contributed by atoms with Crippen molar-refractivity contribution >= 4 is 5.96 Å². The average molecular weight is 397 g/mol. The fourth-order valence-electron chi connectivity index (χ4n) is 4.49. The molecule has 1 aromatic carbocycles. The van der Waals surface area contributed by atoms with Gasteiger partial charge in [-0.3, -0.25) is 10.1 Å². The lowest BCUT2D eigenvalue weighted by Gasteiger charge is -2.33. The number of nitrogens with zero attached hydrogens (tertiary/aromatic N) is 4. The Labute approximate surface area is 173 Å². The molecule has 1 aliphatic carbocycles. The van der Waals surface area contributed by atoms with E-state index in [4.69, 9.17) is 4.74 Å². The van der Waals surface area contributed by atoms with Gasteiger partial charge in [-0.25, -0.2) is 4.98 Å². The number of likely N-dealkylation sites (tertiary alicyclic amines) is 1. The van der Waals surface area contributed by atoms with Gasteiger partial charge in [0.05, 0.1) is 6.10 Å². The molecule has 2 aromatic rings. The van der Waals surface area contributed by atoms with Crippen LogP contribution in [-0.2, 0) is 11.2 Å². The summed E-state index contributed by atoms with van der Waals surface area (Å²) < 4.78 is 6.22. The number of guanidine groups is 1. The number of ether oxygens (including phenoxy) is 1. The molecule has 0 radical (unpaired) electrons. The lowest BCUT2D eigenvalue weighted by molar-refractivity contribution is 0.0397. The van der Waals surface area contributed by atoms with Crippen molar-refractivity contribution in [2.75, 3.05) is 33.3 Å². The molecule has 0 spiro atoms. The normalized spacial score (nSPS) is 20.5. The Morgan fingerprint density at radius 2 is 2.14 bits per heavy atom. The van der Waals surface area contributed by atoms with E-state index in [9.17, 15) is 0 Å². The Morgan fingerprint density at radius 1 is 1.28 bits per heavy atom. The number of H-pyrrole nitrogens is 1. The molecular formula is C22H32N6O. The number of hydrogen-bond donors (Lipinski definition) is 2. The molecule has 1 unspecified atom stereocenters. The summed E-state index contributed by atoms with van der Waals surface area (Å²) in [4.78, 5) is 11.1. The SMILES string of the molecule is CN=C(NCCCOC1CCCc2ccccc21)N1CCC(c2ncn[nH]2)CC1. The summed E-state index contributed by atoms with van der Waals surface area (Å²) in [5.41, 5.74) is 2.84. The Hall–Kier alpha value is -2.41. The zero-order chi connectivity index (χ0) is 19.9. The molecule has 1 aromatic heterocycles. The minimum Gasteiger partial charge on any atom is -0.373 e. The van der Waals surface area contributed by atoms with Crippen LogP contribution in [0.1, 0.15) is 61.1 Å². The van der Waals surface area contributed by atoms with Crippen LogP contribution in [0.4, 0.5) is 0 Å². The highest BCUT2D eigenvalue weighted by Gasteiger charge is 2.24. The van der Waals surface area contributed by atoms with E-state index in [0.717, 1.165) is 63.7 Å². The lowest BCUT2D eigenvalue weighted by Crippen LogP contribution is -2.45. The first-order valence-corrected chi connectivity index (χ1v) is 10.9. The number of piperidine rings is 1. The van der Waals surface area contributed by atoms with E-state index in [0.29, 0.717) is 5.92 Å². The zero-order valence-corrected chi connectivity index (χ0v) is 17.3. The van der Waals surface area contributed by atoms with Gasteiger partial charge in [-0.05, 0) is 49.7 Å². The van der Waals surface area contributed by atoms with Crippen molar-refractivity contribution in [1.29, 1.82) is 0 Å². The number of benzene rings is 1. The van der Waals surface area contributed by atoms with Gasteiger partial charge in [0.25, 0.3) is 0 Å². The zero-order valence-electron chi connectivity index (χ0n) is 17.3. The van der Waals surface area contributed by atoms with Crippen LogP contribution in [0.3, 0.4) is 0 Å². The summed E-state index contributed by atoms with van der Waals surface area (Å²) >= 11 is 0. The van der Waals surface area contributed by atoms with Gasteiger partial charge in [0.15, 0.2) is 5.96 Å². The number of aromatic amines is 1. The average Bonchev–Trinajstić information content (AvgIpc) is 3.31. The van der Waals surface area contributed by atoms with Crippen LogP contribution in [0, 0.1) is 0 Å². The number of aryl methyl sites for hydroxylation is 1. The molecule has 2 aliphatic rings. The molecule has 1 fully saturated rings. The third kappa shape index (κ3) is 4.96. The first-order valence-electron chi connectivity index (χ1n) is 10.9. The van der Waals surface area contributed by atoms with Crippen molar-refractivity contribution in [3.05, 3.63) is 47.5 Å². The molecule has 0 amide bonds. The van der Waals surface area contributed by atoms with Crippen molar-refractivity contribution in [3.63, 3.8) is 0 Å². The van der Waals surface area contributed by atoms with E-state index >= 15 is 0 Å². The third-order valence-corrected chi connectivity index (χ3v) is 6.06. The Kier molecular flexibility index (Phi) is 6.77. The molecule has 29 heavy (non-hydrogen) atoms. The minimum atomic E-state index is 0.259. The molecule has 7 heteroatoms. The fraction of sp³-hybridized carbons (Fsp3) is 0.591. The highest BCUT2D eigenvalue weighted by molar-refractivity contribution is 5.79. The van der Waals surface area contributed by atoms with Gasteiger partial charge >= 0.3 is 0 Å². The summed E-state index contributed by atoms with van der Waals surface area (Å²) in [6.07, 6.45) is 8.50. The van der Waals surface area contributed by atoms with Crippen molar-refractivity contribution in [1.82, 2.24) is 25.4 Å². The number of aliphatic imine (C=N–C) groups is 1. The first kappa shape index (κ1) is 19.9. The van der Waals surface area contributed by atoms with Crippen molar-refractivity contribution in [2.24, 2.45) is 4.99 Å². The van der Waals surface area contributed by atoms with Gasteiger partial charge in [-0.2, -0.15) is 5.10 Å². The molecule has 7 nitrogen and oxygen atoms in total. The fourth-order valence-corrected chi connectivity index (χ4v) is 4.49. The maximum atomic E-state index is 6.22. The predicted molar refractivity (Wildman–Crippen MR) is 114 cm³/mol. The van der Waals surface area contributed by atoms with Crippen LogP contribution in [0.25, 0.3) is 0 Å². The minimum absolute atomic E-state index is 0.259. The van der Waals surface area contributed by atoms with Crippen LogP contribution < -0.4 is 5.32 Å². The van der Waals surface area contributed by atoms with Gasteiger partial charge < -0.3 is 15.0 Å². The highest BCUT2D eigenvalue weighted by Crippen LogP contribution is 2.32. The second-order valence-electron chi connectivity index (χ2n) is 7.91. The highest BCUT2D eigenvalue weighted by atomic mass is 16.5. The van der Waals surface area contributed by atoms with Crippen LogP contribution in [0.5, 0.6) is 0 Å². The van der Waals surface area contributed by atoms with E-state index in [1.54, 1.807) is 6.33 Å². The lowest BCUT2D eigenvalue weighted by atomic mass is 9.89. The number of hydrogen-bond acceptors (Lipinski definition) is 4. The van der Waals surface area contributed by atoms with Crippen LogP contribution in [0.15, 0.2) is 35.6 Å².